The van der Waals surface area contributed by atoms with Crippen molar-refractivity contribution in [2.24, 2.45) is 0 Å². The van der Waals surface area contributed by atoms with Crippen molar-refractivity contribution in [2.45, 2.75) is 12.5 Å². The largest absolute Gasteiger partial charge is 0.493 e. The standard InChI is InChI=1S/C17H18ClNO2/c1-20-15-9-12-7-8-19-17(14(12)10-16(15)21-2)11-3-5-13(18)6-4-11/h3-6,9-10,17,19H,7-8H2,1-2H3/t17-/m0/s1. The molecular weight excluding hydrogens is 286 g/mol. The lowest BCUT2D eigenvalue weighted by atomic mass is 9.89. The van der Waals surface area contributed by atoms with Gasteiger partial charge >= 0.3 is 0 Å². The molecule has 0 aliphatic carbocycles. The number of benzene rings is 2. The molecule has 1 aliphatic heterocycles. The van der Waals surface area contributed by atoms with Crippen LogP contribution in [-0.4, -0.2) is 20.8 Å². The van der Waals surface area contributed by atoms with E-state index < -0.39 is 0 Å². The first-order valence-corrected chi connectivity index (χ1v) is 7.34. The molecule has 2 aromatic rings. The molecule has 0 spiro atoms. The molecule has 4 heteroatoms. The molecule has 1 atom stereocenters. The van der Waals surface area contributed by atoms with Crippen LogP contribution in [0.25, 0.3) is 0 Å². The second-order valence-corrected chi connectivity index (χ2v) is 5.53. The summed E-state index contributed by atoms with van der Waals surface area (Å²) in [7, 11) is 3.33. The van der Waals surface area contributed by atoms with Gasteiger partial charge in [0.15, 0.2) is 11.5 Å². The van der Waals surface area contributed by atoms with E-state index in [-0.39, 0.29) is 6.04 Å². The van der Waals surface area contributed by atoms with Crippen LogP contribution in [0.3, 0.4) is 0 Å². The molecule has 0 saturated carbocycles. The lowest BCUT2D eigenvalue weighted by molar-refractivity contribution is 0.353. The highest BCUT2D eigenvalue weighted by molar-refractivity contribution is 6.30. The third-order valence-electron chi connectivity index (χ3n) is 3.90. The molecule has 110 valence electrons. The molecule has 0 saturated heterocycles. The van der Waals surface area contributed by atoms with Crippen LogP contribution in [0.4, 0.5) is 0 Å². The summed E-state index contributed by atoms with van der Waals surface area (Å²) >= 11 is 5.98. The van der Waals surface area contributed by atoms with Gasteiger partial charge in [0.2, 0.25) is 0 Å². The number of methoxy groups -OCH3 is 2. The molecule has 0 aromatic heterocycles. The van der Waals surface area contributed by atoms with Gasteiger partial charge in [-0.15, -0.1) is 0 Å². The Morgan fingerprint density at radius 2 is 1.71 bits per heavy atom. The maximum absolute atomic E-state index is 5.98. The number of nitrogens with one attached hydrogen (secondary N) is 1. The fourth-order valence-corrected chi connectivity index (χ4v) is 2.96. The highest BCUT2D eigenvalue weighted by Crippen LogP contribution is 2.37. The Morgan fingerprint density at radius 1 is 1.05 bits per heavy atom. The molecule has 3 nitrogen and oxygen atoms in total. The first kappa shape index (κ1) is 14.2. The second kappa shape index (κ2) is 5.96. The Hall–Kier alpha value is -1.71. The van der Waals surface area contributed by atoms with E-state index in [1.54, 1.807) is 14.2 Å². The minimum atomic E-state index is 0.158. The number of hydrogen-bond acceptors (Lipinski definition) is 3. The Morgan fingerprint density at radius 3 is 2.38 bits per heavy atom. The lowest BCUT2D eigenvalue weighted by Gasteiger charge is -2.28. The van der Waals surface area contributed by atoms with Crippen molar-refractivity contribution in [3.63, 3.8) is 0 Å². The van der Waals surface area contributed by atoms with Crippen molar-refractivity contribution < 1.29 is 9.47 Å². The fraction of sp³-hybridized carbons (Fsp3) is 0.294. The van der Waals surface area contributed by atoms with Gasteiger partial charge < -0.3 is 14.8 Å². The van der Waals surface area contributed by atoms with Gasteiger partial charge in [-0.3, -0.25) is 0 Å². The van der Waals surface area contributed by atoms with E-state index in [4.69, 9.17) is 21.1 Å². The van der Waals surface area contributed by atoms with Crippen LogP contribution in [0.2, 0.25) is 5.02 Å². The van der Waals surface area contributed by atoms with Crippen molar-refractivity contribution in [1.29, 1.82) is 0 Å². The third kappa shape index (κ3) is 2.71. The van der Waals surface area contributed by atoms with Crippen LogP contribution in [0.1, 0.15) is 22.7 Å². The Balaban J connectivity index is 2.06. The van der Waals surface area contributed by atoms with Crippen molar-refractivity contribution in [1.82, 2.24) is 5.32 Å². The van der Waals surface area contributed by atoms with Gasteiger partial charge in [0, 0.05) is 11.6 Å². The van der Waals surface area contributed by atoms with Crippen LogP contribution >= 0.6 is 11.6 Å². The van der Waals surface area contributed by atoms with E-state index in [0.717, 1.165) is 29.5 Å². The summed E-state index contributed by atoms with van der Waals surface area (Å²) in [5.41, 5.74) is 3.74. The van der Waals surface area contributed by atoms with Gasteiger partial charge in [-0.25, -0.2) is 0 Å². The summed E-state index contributed by atoms with van der Waals surface area (Å²) in [4.78, 5) is 0. The van der Waals surface area contributed by atoms with Crippen LogP contribution in [0, 0.1) is 0 Å². The molecule has 1 N–H and O–H groups in total. The first-order valence-electron chi connectivity index (χ1n) is 6.96. The first-order chi connectivity index (χ1) is 10.2. The molecule has 0 bridgehead atoms. The van der Waals surface area contributed by atoms with E-state index in [0.29, 0.717) is 0 Å². The van der Waals surface area contributed by atoms with Crippen LogP contribution in [0.15, 0.2) is 36.4 Å². The molecule has 21 heavy (non-hydrogen) atoms. The summed E-state index contributed by atoms with van der Waals surface area (Å²) < 4.78 is 10.8. The number of hydrogen-bond donors (Lipinski definition) is 1. The molecule has 0 amide bonds. The fourth-order valence-electron chi connectivity index (χ4n) is 2.84. The molecule has 1 aliphatic rings. The number of rotatable bonds is 3. The van der Waals surface area contributed by atoms with Gasteiger partial charge in [0.05, 0.1) is 20.3 Å². The highest BCUT2D eigenvalue weighted by Gasteiger charge is 2.23. The zero-order chi connectivity index (χ0) is 14.8. The van der Waals surface area contributed by atoms with E-state index in [1.165, 1.54) is 16.7 Å². The average Bonchev–Trinajstić information content (AvgIpc) is 2.53. The highest BCUT2D eigenvalue weighted by atomic mass is 35.5. The number of ether oxygens (including phenoxy) is 2. The van der Waals surface area contributed by atoms with E-state index in [9.17, 15) is 0 Å². The van der Waals surface area contributed by atoms with Gasteiger partial charge in [-0.05, 0) is 47.4 Å². The number of halogens is 1. The Bertz CT molecular complexity index is 640. The minimum Gasteiger partial charge on any atom is -0.493 e. The van der Waals surface area contributed by atoms with Gasteiger partial charge in [-0.2, -0.15) is 0 Å². The lowest BCUT2D eigenvalue weighted by Crippen LogP contribution is -2.30. The zero-order valence-electron chi connectivity index (χ0n) is 12.2. The van der Waals surface area contributed by atoms with Crippen molar-refractivity contribution >= 4 is 11.6 Å². The summed E-state index contributed by atoms with van der Waals surface area (Å²) in [5, 5.41) is 4.31. The summed E-state index contributed by atoms with van der Waals surface area (Å²) in [5.74, 6) is 1.55. The quantitative estimate of drug-likeness (QED) is 0.940. The smallest absolute Gasteiger partial charge is 0.161 e. The van der Waals surface area contributed by atoms with E-state index in [1.807, 2.05) is 12.1 Å². The van der Waals surface area contributed by atoms with Crippen LogP contribution < -0.4 is 14.8 Å². The monoisotopic (exact) mass is 303 g/mol. The van der Waals surface area contributed by atoms with Crippen molar-refractivity contribution in [2.75, 3.05) is 20.8 Å². The SMILES string of the molecule is COc1cc2c(cc1OC)[C@H](c1ccc(Cl)cc1)NCC2. The Labute approximate surface area is 129 Å². The molecule has 0 radical (unpaired) electrons. The molecule has 3 rings (SSSR count). The molecular formula is C17H18ClNO2. The maximum Gasteiger partial charge on any atom is 0.161 e. The van der Waals surface area contributed by atoms with E-state index in [2.05, 4.69) is 29.6 Å². The zero-order valence-corrected chi connectivity index (χ0v) is 12.9. The second-order valence-electron chi connectivity index (χ2n) is 5.09. The number of fused-ring (bicyclic) bond motifs is 1. The van der Waals surface area contributed by atoms with Crippen molar-refractivity contribution in [3.8, 4) is 11.5 Å². The van der Waals surface area contributed by atoms with Crippen LogP contribution in [-0.2, 0) is 6.42 Å². The van der Waals surface area contributed by atoms with Gasteiger partial charge in [0.25, 0.3) is 0 Å². The predicted molar refractivity (Wildman–Crippen MR) is 84.5 cm³/mol. The predicted octanol–water partition coefficient (Wildman–Crippen LogP) is 3.59. The molecule has 2 aromatic carbocycles. The molecule has 0 fully saturated rings. The third-order valence-corrected chi connectivity index (χ3v) is 4.15. The van der Waals surface area contributed by atoms with Crippen molar-refractivity contribution in [3.05, 3.63) is 58.1 Å². The summed E-state index contributed by atoms with van der Waals surface area (Å²) in [6.45, 7) is 0.940. The Kier molecular flexibility index (Phi) is 4.04. The average molecular weight is 304 g/mol. The normalized spacial score (nSPS) is 17.2. The summed E-state index contributed by atoms with van der Waals surface area (Å²) in [6.07, 6.45) is 0.986. The molecule has 1 heterocycles. The van der Waals surface area contributed by atoms with E-state index >= 15 is 0 Å². The van der Waals surface area contributed by atoms with Crippen LogP contribution in [0.5, 0.6) is 11.5 Å². The van der Waals surface area contributed by atoms with Gasteiger partial charge in [0.1, 0.15) is 0 Å². The maximum atomic E-state index is 5.98. The molecule has 0 unspecified atom stereocenters. The summed E-state index contributed by atoms with van der Waals surface area (Å²) in [6, 6.07) is 12.3. The van der Waals surface area contributed by atoms with Gasteiger partial charge in [-0.1, -0.05) is 23.7 Å². The topological polar surface area (TPSA) is 30.5 Å². The minimum absolute atomic E-state index is 0.158.